The number of hydrogen-bond donors (Lipinski definition) is 0. The molecule has 102 valence electrons. The monoisotopic (exact) mass is 293 g/mol. The predicted molar refractivity (Wildman–Crippen MR) is 76.3 cm³/mol. The van der Waals surface area contributed by atoms with Crippen LogP contribution in [0.25, 0.3) is 11.1 Å². The molecule has 1 nitrogen and oxygen atoms in total. The predicted octanol–water partition coefficient (Wildman–Crippen LogP) is 5.42. The van der Waals surface area contributed by atoms with Gasteiger partial charge in [0.25, 0.3) is 0 Å². The molecule has 2 aromatic rings. The molecule has 0 aliphatic rings. The van der Waals surface area contributed by atoms with E-state index in [9.17, 15) is 13.2 Å². The third-order valence-corrected chi connectivity index (χ3v) is 2.91. The standard InChI is InChI=1S/C15H10F3NS/c1-10-5-6-14(19-9-20)13(7-10)11-3-2-4-12(8-11)15(16,17)18/h2-8H,1H3. The van der Waals surface area contributed by atoms with Gasteiger partial charge in [0.1, 0.15) is 0 Å². The lowest BCUT2D eigenvalue weighted by Gasteiger charge is -2.10. The Morgan fingerprint density at radius 3 is 2.50 bits per heavy atom. The molecule has 0 aliphatic heterocycles. The summed E-state index contributed by atoms with van der Waals surface area (Å²) in [5.41, 5.74) is 1.81. The van der Waals surface area contributed by atoms with E-state index in [0.717, 1.165) is 17.7 Å². The Hall–Kier alpha value is -1.97. The highest BCUT2D eigenvalue weighted by Gasteiger charge is 2.30. The second-order valence-corrected chi connectivity index (χ2v) is 4.48. The van der Waals surface area contributed by atoms with Crippen molar-refractivity contribution in [3.8, 4) is 11.1 Å². The lowest BCUT2D eigenvalue weighted by molar-refractivity contribution is -0.137. The zero-order valence-corrected chi connectivity index (χ0v) is 11.3. The normalized spacial score (nSPS) is 11.0. The molecular formula is C15H10F3NS. The van der Waals surface area contributed by atoms with Crippen LogP contribution in [0.2, 0.25) is 0 Å². The van der Waals surface area contributed by atoms with Crippen LogP contribution in [0.3, 0.4) is 0 Å². The summed E-state index contributed by atoms with van der Waals surface area (Å²) in [5.74, 6) is 0. The molecule has 0 radical (unpaired) electrons. The van der Waals surface area contributed by atoms with E-state index in [-0.39, 0.29) is 0 Å². The summed E-state index contributed by atoms with van der Waals surface area (Å²) < 4.78 is 38.3. The molecule has 0 spiro atoms. The highest BCUT2D eigenvalue weighted by Crippen LogP contribution is 2.35. The smallest absolute Gasteiger partial charge is 0.194 e. The highest BCUT2D eigenvalue weighted by atomic mass is 32.1. The fraction of sp³-hybridized carbons (Fsp3) is 0.133. The van der Waals surface area contributed by atoms with E-state index in [2.05, 4.69) is 22.4 Å². The van der Waals surface area contributed by atoms with Crippen LogP contribution < -0.4 is 0 Å². The van der Waals surface area contributed by atoms with Gasteiger partial charge in [0.15, 0.2) is 0 Å². The zero-order chi connectivity index (χ0) is 14.8. The highest BCUT2D eigenvalue weighted by molar-refractivity contribution is 7.78. The van der Waals surface area contributed by atoms with Crippen molar-refractivity contribution in [2.24, 2.45) is 4.99 Å². The molecular weight excluding hydrogens is 283 g/mol. The molecule has 0 N–H and O–H groups in total. The molecule has 5 heteroatoms. The van der Waals surface area contributed by atoms with Crippen LogP contribution in [0.15, 0.2) is 47.5 Å². The summed E-state index contributed by atoms with van der Waals surface area (Å²) in [4.78, 5) is 3.90. The Morgan fingerprint density at radius 1 is 1.10 bits per heavy atom. The minimum atomic E-state index is -4.37. The van der Waals surface area contributed by atoms with Gasteiger partial charge in [0.2, 0.25) is 0 Å². The number of alkyl halides is 3. The van der Waals surface area contributed by atoms with Crippen LogP contribution in [-0.2, 0) is 6.18 Å². The maximum atomic E-state index is 12.8. The summed E-state index contributed by atoms with van der Waals surface area (Å²) in [6, 6.07) is 10.5. The van der Waals surface area contributed by atoms with E-state index >= 15 is 0 Å². The maximum Gasteiger partial charge on any atom is 0.416 e. The SMILES string of the molecule is Cc1ccc(N=C=S)c(-c2cccc(C(F)(F)F)c2)c1. The zero-order valence-electron chi connectivity index (χ0n) is 10.5. The van der Waals surface area contributed by atoms with Gasteiger partial charge < -0.3 is 0 Å². The van der Waals surface area contributed by atoms with Crippen molar-refractivity contribution in [3.05, 3.63) is 53.6 Å². The molecule has 0 amide bonds. The van der Waals surface area contributed by atoms with E-state index in [1.54, 1.807) is 18.2 Å². The Balaban J connectivity index is 2.62. The Kier molecular flexibility index (Phi) is 4.02. The summed E-state index contributed by atoms with van der Waals surface area (Å²) in [6.07, 6.45) is -4.37. The van der Waals surface area contributed by atoms with Gasteiger partial charge >= 0.3 is 6.18 Å². The minimum Gasteiger partial charge on any atom is -0.194 e. The number of halogens is 3. The van der Waals surface area contributed by atoms with Crippen LogP contribution in [0.4, 0.5) is 18.9 Å². The quantitative estimate of drug-likeness (QED) is 0.532. The molecule has 0 heterocycles. The van der Waals surface area contributed by atoms with Crippen LogP contribution in [0, 0.1) is 6.92 Å². The van der Waals surface area contributed by atoms with E-state index in [1.807, 2.05) is 13.0 Å². The third kappa shape index (κ3) is 3.13. The maximum absolute atomic E-state index is 12.8. The van der Waals surface area contributed by atoms with Gasteiger partial charge in [-0.2, -0.15) is 18.2 Å². The van der Waals surface area contributed by atoms with Gasteiger partial charge in [-0.25, -0.2) is 0 Å². The molecule has 0 atom stereocenters. The molecule has 0 saturated heterocycles. The minimum absolute atomic E-state index is 0.451. The van der Waals surface area contributed by atoms with Crippen molar-refractivity contribution in [2.45, 2.75) is 13.1 Å². The first kappa shape index (κ1) is 14.4. The van der Waals surface area contributed by atoms with Gasteiger partial charge in [-0.05, 0) is 49.0 Å². The first-order valence-corrected chi connectivity index (χ1v) is 6.19. The number of hydrogen-bond acceptors (Lipinski definition) is 2. The van der Waals surface area contributed by atoms with E-state index < -0.39 is 11.7 Å². The molecule has 0 fully saturated rings. The molecule has 0 aromatic heterocycles. The van der Waals surface area contributed by atoms with Crippen LogP contribution in [0.1, 0.15) is 11.1 Å². The number of thiocarbonyl (C=S) groups is 1. The summed E-state index contributed by atoms with van der Waals surface area (Å²) in [5, 5.41) is 2.24. The van der Waals surface area contributed by atoms with Gasteiger partial charge in [-0.15, -0.1) is 0 Å². The van der Waals surface area contributed by atoms with Gasteiger partial charge in [0.05, 0.1) is 16.4 Å². The third-order valence-electron chi connectivity index (χ3n) is 2.82. The second-order valence-electron chi connectivity index (χ2n) is 4.30. The average Bonchev–Trinajstić information content (AvgIpc) is 2.40. The van der Waals surface area contributed by atoms with Crippen LogP contribution >= 0.6 is 12.2 Å². The number of nitrogens with zero attached hydrogens (tertiary/aromatic N) is 1. The topological polar surface area (TPSA) is 12.4 Å². The van der Waals surface area contributed by atoms with Crippen molar-refractivity contribution in [1.82, 2.24) is 0 Å². The van der Waals surface area contributed by atoms with Gasteiger partial charge in [0, 0.05) is 5.56 Å². The summed E-state index contributed by atoms with van der Waals surface area (Å²) in [7, 11) is 0. The molecule has 0 aliphatic carbocycles. The Bertz CT molecular complexity index is 686. The van der Waals surface area contributed by atoms with Crippen LogP contribution in [0.5, 0.6) is 0 Å². The molecule has 2 rings (SSSR count). The van der Waals surface area contributed by atoms with Crippen molar-refractivity contribution in [1.29, 1.82) is 0 Å². The summed E-state index contributed by atoms with van der Waals surface area (Å²) in [6.45, 7) is 1.86. The molecule has 2 aromatic carbocycles. The number of isothiocyanates is 1. The number of aliphatic imine (C=N–C) groups is 1. The van der Waals surface area contributed by atoms with Crippen molar-refractivity contribution in [3.63, 3.8) is 0 Å². The Morgan fingerprint density at radius 2 is 1.85 bits per heavy atom. The molecule has 0 saturated carbocycles. The fourth-order valence-electron chi connectivity index (χ4n) is 1.89. The number of rotatable bonds is 2. The van der Waals surface area contributed by atoms with Crippen molar-refractivity contribution in [2.75, 3.05) is 0 Å². The lowest BCUT2D eigenvalue weighted by Crippen LogP contribution is -2.04. The fourth-order valence-corrected chi connectivity index (χ4v) is 1.99. The first-order valence-electron chi connectivity index (χ1n) is 5.78. The van der Waals surface area contributed by atoms with Crippen LogP contribution in [-0.4, -0.2) is 5.16 Å². The molecule has 20 heavy (non-hydrogen) atoms. The lowest BCUT2D eigenvalue weighted by atomic mass is 9.99. The second kappa shape index (κ2) is 5.57. The summed E-state index contributed by atoms with van der Waals surface area (Å²) >= 11 is 4.56. The van der Waals surface area contributed by atoms with E-state index in [4.69, 9.17) is 0 Å². The van der Waals surface area contributed by atoms with Gasteiger partial charge in [-0.3, -0.25) is 0 Å². The van der Waals surface area contributed by atoms with E-state index in [1.165, 1.54) is 6.07 Å². The van der Waals surface area contributed by atoms with Crippen molar-refractivity contribution >= 4 is 23.1 Å². The molecule has 0 unspecified atom stereocenters. The van der Waals surface area contributed by atoms with Gasteiger partial charge in [-0.1, -0.05) is 23.8 Å². The number of aryl methyl sites for hydroxylation is 1. The Labute approximate surface area is 119 Å². The largest absolute Gasteiger partial charge is 0.416 e. The molecule has 0 bridgehead atoms. The van der Waals surface area contributed by atoms with E-state index in [0.29, 0.717) is 16.8 Å². The average molecular weight is 293 g/mol. The number of benzene rings is 2. The first-order chi connectivity index (χ1) is 9.41. The van der Waals surface area contributed by atoms with Crippen molar-refractivity contribution < 1.29 is 13.2 Å².